The molecule has 0 aliphatic carbocycles. The Morgan fingerprint density at radius 3 is 2.25 bits per heavy atom. The highest BCUT2D eigenvalue weighted by Gasteiger charge is 2.26. The van der Waals surface area contributed by atoms with E-state index < -0.39 is 0 Å². The van der Waals surface area contributed by atoms with Crippen molar-refractivity contribution in [3.63, 3.8) is 0 Å². The van der Waals surface area contributed by atoms with Gasteiger partial charge in [-0.1, -0.05) is 42.5 Å². The Morgan fingerprint density at radius 1 is 0.827 bits per heavy atom. The third-order valence-electron chi connectivity index (χ3n) is 9.87. The van der Waals surface area contributed by atoms with Crippen LogP contribution in [0.4, 0.5) is 11.9 Å². The molecule has 1 atom stereocenters. The third-order valence-corrected chi connectivity index (χ3v) is 9.87. The lowest BCUT2D eigenvalue weighted by molar-refractivity contribution is 0.311. The number of methoxy groups -OCH3 is 2. The highest BCUT2D eigenvalue weighted by atomic mass is 16.5. The summed E-state index contributed by atoms with van der Waals surface area (Å²) in [7, 11) is 5.54. The molecular formula is C40H44N10O2. The number of para-hydroxylation sites is 2. The Labute approximate surface area is 303 Å². The molecule has 12 nitrogen and oxygen atoms in total. The first-order chi connectivity index (χ1) is 25.4. The van der Waals surface area contributed by atoms with Crippen molar-refractivity contribution in [3.8, 4) is 11.5 Å². The van der Waals surface area contributed by atoms with Gasteiger partial charge in [0.1, 0.15) is 17.3 Å². The highest BCUT2D eigenvalue weighted by molar-refractivity contribution is 5.83. The summed E-state index contributed by atoms with van der Waals surface area (Å²) in [5, 5.41) is 8.33. The second-order valence-corrected chi connectivity index (χ2v) is 13.5. The van der Waals surface area contributed by atoms with E-state index in [1.54, 1.807) is 14.2 Å². The Morgan fingerprint density at radius 2 is 1.54 bits per heavy atom. The Bertz CT molecular complexity index is 2230. The second-order valence-electron chi connectivity index (χ2n) is 13.5. The average Bonchev–Trinajstić information content (AvgIpc) is 3.76. The summed E-state index contributed by atoms with van der Waals surface area (Å²) < 4.78 is 15.1. The maximum Gasteiger partial charge on any atom is 0.232 e. The van der Waals surface area contributed by atoms with Gasteiger partial charge in [-0.3, -0.25) is 0 Å². The van der Waals surface area contributed by atoms with Gasteiger partial charge >= 0.3 is 0 Å². The van der Waals surface area contributed by atoms with Gasteiger partial charge in [0.25, 0.3) is 0 Å². The van der Waals surface area contributed by atoms with Gasteiger partial charge in [0.2, 0.25) is 11.9 Å². The third kappa shape index (κ3) is 6.76. The maximum atomic E-state index is 5.50. The van der Waals surface area contributed by atoms with Crippen molar-refractivity contribution >= 4 is 34.2 Å². The smallest absolute Gasteiger partial charge is 0.232 e. The summed E-state index contributed by atoms with van der Waals surface area (Å²) in [6, 6.07) is 25.0. The number of aromatic nitrogens is 6. The van der Waals surface area contributed by atoms with Crippen LogP contribution in [0.25, 0.3) is 22.3 Å². The summed E-state index contributed by atoms with van der Waals surface area (Å²) in [5.41, 5.74) is 7.11. The van der Waals surface area contributed by atoms with Crippen LogP contribution in [0.5, 0.6) is 11.5 Å². The number of ether oxygens (including phenoxy) is 2. The molecule has 266 valence electrons. The number of piperazine rings is 1. The minimum Gasteiger partial charge on any atom is -0.497 e. The standard InChI is InChI=1S/C40H44N10O2/c1-28-23-31(17-18-41-28)34-24-42-50-38(34)44-39(47-21-19-46(2)20-22-47)45-40(50)48(25-29-9-13-32(51-3)14-10-29)27-37-43-35-7-5-6-8-36(35)49(37)26-30-11-15-33(52-4)16-12-30/h5-18,23-24,28,41H,19-22,25-27H2,1-4H3. The SMILES string of the molecule is COc1ccc(CN(Cc2nc3ccccc3n2Cc2ccc(OC)cc2)c2nc(N3CCN(C)CC3)nc3c(C4=CC(C)NC=C4)cnn23)cc1. The number of hydrogen-bond acceptors (Lipinski definition) is 10. The van der Waals surface area contributed by atoms with Crippen molar-refractivity contribution in [1.29, 1.82) is 0 Å². The number of imidazole rings is 1. The number of nitrogens with one attached hydrogen (secondary N) is 1. The monoisotopic (exact) mass is 696 g/mol. The van der Waals surface area contributed by atoms with Crippen LogP contribution in [-0.2, 0) is 19.6 Å². The minimum atomic E-state index is 0.193. The van der Waals surface area contributed by atoms with E-state index in [1.807, 2.05) is 47.2 Å². The van der Waals surface area contributed by atoms with Crippen LogP contribution in [0.3, 0.4) is 0 Å². The molecule has 0 radical (unpaired) electrons. The number of dihydropyridines is 1. The topological polar surface area (TPSA) is 101 Å². The highest BCUT2D eigenvalue weighted by Crippen LogP contribution is 2.30. The maximum absolute atomic E-state index is 5.50. The van der Waals surface area contributed by atoms with Gasteiger partial charge in [-0.2, -0.15) is 19.6 Å². The van der Waals surface area contributed by atoms with Crippen LogP contribution < -0.4 is 24.6 Å². The van der Waals surface area contributed by atoms with Crippen molar-refractivity contribution in [2.45, 2.75) is 32.6 Å². The summed E-state index contributed by atoms with van der Waals surface area (Å²) in [6.45, 7) is 7.40. The summed E-state index contributed by atoms with van der Waals surface area (Å²) in [4.78, 5) is 22.7. The molecule has 8 rings (SSSR count). The van der Waals surface area contributed by atoms with E-state index in [9.17, 15) is 0 Å². The first-order valence-electron chi connectivity index (χ1n) is 17.7. The van der Waals surface area contributed by atoms with E-state index >= 15 is 0 Å². The molecule has 0 saturated carbocycles. The molecular weight excluding hydrogens is 653 g/mol. The number of allylic oxidation sites excluding steroid dienone is 2. The molecule has 0 spiro atoms. The molecule has 1 N–H and O–H groups in total. The molecule has 0 amide bonds. The second kappa shape index (κ2) is 14.4. The first kappa shape index (κ1) is 33.3. The Balaban J connectivity index is 1.27. The van der Waals surface area contributed by atoms with Crippen LogP contribution in [0.2, 0.25) is 0 Å². The van der Waals surface area contributed by atoms with Crippen molar-refractivity contribution in [2.75, 3.05) is 57.2 Å². The molecule has 2 aliphatic heterocycles. The zero-order chi connectivity index (χ0) is 35.6. The van der Waals surface area contributed by atoms with E-state index in [4.69, 9.17) is 29.5 Å². The van der Waals surface area contributed by atoms with Gasteiger partial charge in [-0.15, -0.1) is 0 Å². The Hall–Kier alpha value is -5.88. The lowest BCUT2D eigenvalue weighted by Crippen LogP contribution is -2.45. The number of likely N-dealkylation sites (N-methyl/N-ethyl adjacent to an activating group) is 1. The van der Waals surface area contributed by atoms with Gasteiger partial charge in [-0.25, -0.2) is 4.98 Å². The molecule has 52 heavy (non-hydrogen) atoms. The van der Waals surface area contributed by atoms with E-state index in [0.717, 1.165) is 82.4 Å². The van der Waals surface area contributed by atoms with E-state index in [1.165, 1.54) is 0 Å². The molecule has 3 aromatic heterocycles. The van der Waals surface area contributed by atoms with Gasteiger partial charge in [0, 0.05) is 50.9 Å². The van der Waals surface area contributed by atoms with E-state index in [0.29, 0.717) is 31.5 Å². The quantitative estimate of drug-likeness (QED) is 0.190. The largest absolute Gasteiger partial charge is 0.497 e. The molecule has 12 heteroatoms. The molecule has 1 saturated heterocycles. The van der Waals surface area contributed by atoms with Crippen molar-refractivity contribution < 1.29 is 9.47 Å². The normalized spacial score (nSPS) is 16.3. The van der Waals surface area contributed by atoms with Crippen LogP contribution in [0, 0.1) is 0 Å². The predicted octanol–water partition coefficient (Wildman–Crippen LogP) is 5.39. The number of hydrogen-bond donors (Lipinski definition) is 1. The first-order valence-corrected chi connectivity index (χ1v) is 17.7. The number of nitrogens with zero attached hydrogens (tertiary/aromatic N) is 9. The fraction of sp³-hybridized carbons (Fsp3) is 0.300. The summed E-state index contributed by atoms with van der Waals surface area (Å²) in [5.74, 6) is 3.97. The molecule has 1 unspecified atom stereocenters. The van der Waals surface area contributed by atoms with Crippen molar-refractivity contribution in [1.82, 2.24) is 39.3 Å². The zero-order valence-electron chi connectivity index (χ0n) is 30.1. The molecule has 1 fully saturated rings. The van der Waals surface area contributed by atoms with Crippen LogP contribution >= 0.6 is 0 Å². The van der Waals surface area contributed by atoms with E-state index in [2.05, 4.69) is 93.2 Å². The van der Waals surface area contributed by atoms with Crippen molar-refractivity contribution in [3.05, 3.63) is 120 Å². The van der Waals surface area contributed by atoms with Crippen LogP contribution in [0.1, 0.15) is 29.4 Å². The Kier molecular flexibility index (Phi) is 9.21. The molecule has 2 aliphatic rings. The molecule has 0 bridgehead atoms. The number of fused-ring (bicyclic) bond motifs is 2. The lowest BCUT2D eigenvalue weighted by Gasteiger charge is -2.33. The average molecular weight is 697 g/mol. The molecule has 5 heterocycles. The summed E-state index contributed by atoms with van der Waals surface area (Å²) >= 11 is 0. The number of benzene rings is 3. The fourth-order valence-corrected chi connectivity index (χ4v) is 6.91. The minimum absolute atomic E-state index is 0.193. The number of rotatable bonds is 11. The van der Waals surface area contributed by atoms with Crippen molar-refractivity contribution in [2.24, 2.45) is 0 Å². The fourth-order valence-electron chi connectivity index (χ4n) is 6.91. The molecule has 6 aromatic rings. The lowest BCUT2D eigenvalue weighted by atomic mass is 10.0. The summed E-state index contributed by atoms with van der Waals surface area (Å²) in [6.07, 6.45) is 8.21. The molecule has 3 aromatic carbocycles. The number of anilines is 2. The van der Waals surface area contributed by atoms with E-state index in [-0.39, 0.29) is 6.04 Å². The zero-order valence-corrected chi connectivity index (χ0v) is 30.1. The van der Waals surface area contributed by atoms with Crippen LogP contribution in [-0.4, -0.2) is 87.5 Å². The van der Waals surface area contributed by atoms with Gasteiger partial charge in [0.05, 0.1) is 38.0 Å². The predicted molar refractivity (Wildman–Crippen MR) is 205 cm³/mol. The van der Waals surface area contributed by atoms with Crippen LogP contribution in [0.15, 0.2) is 97.3 Å². The van der Waals surface area contributed by atoms with Gasteiger partial charge < -0.3 is 34.1 Å². The van der Waals surface area contributed by atoms with Gasteiger partial charge in [0.15, 0.2) is 5.65 Å². The van der Waals surface area contributed by atoms with Gasteiger partial charge in [-0.05, 0) is 79.3 Å².